The van der Waals surface area contributed by atoms with E-state index in [1.54, 1.807) is 7.11 Å². The number of carbonyl (C=O) groups is 1. The molecule has 0 radical (unpaired) electrons. The summed E-state index contributed by atoms with van der Waals surface area (Å²) in [6.45, 7) is 2.03. The first-order valence-electron chi connectivity index (χ1n) is 6.80. The molecule has 1 aliphatic rings. The molecule has 3 rings (SSSR count). The third kappa shape index (κ3) is 2.68. The van der Waals surface area contributed by atoms with Crippen molar-refractivity contribution in [3.63, 3.8) is 0 Å². The summed E-state index contributed by atoms with van der Waals surface area (Å²) >= 11 is 3.74. The number of ether oxygens (including phenoxy) is 1. The number of carbonyl (C=O) groups excluding carboxylic acids is 1. The average Bonchev–Trinajstić information content (AvgIpc) is 2.86. The van der Waals surface area contributed by atoms with Gasteiger partial charge < -0.3 is 10.1 Å². The summed E-state index contributed by atoms with van der Waals surface area (Å²) in [5.41, 5.74) is 5.36. The highest BCUT2D eigenvalue weighted by molar-refractivity contribution is 9.09. The fourth-order valence-corrected chi connectivity index (χ4v) is 3.16. The van der Waals surface area contributed by atoms with Crippen LogP contribution in [0.3, 0.4) is 0 Å². The molecule has 1 heterocycles. The van der Waals surface area contributed by atoms with E-state index in [1.165, 1.54) is 0 Å². The monoisotopic (exact) mass is 345 g/mol. The molecule has 3 nitrogen and oxygen atoms in total. The van der Waals surface area contributed by atoms with Gasteiger partial charge in [0.25, 0.3) is 0 Å². The molecular formula is C17H16BrNO2. The van der Waals surface area contributed by atoms with E-state index in [2.05, 4.69) is 39.4 Å². The molecule has 1 N–H and O–H groups in total. The van der Waals surface area contributed by atoms with Crippen LogP contribution >= 0.6 is 15.9 Å². The Kier molecular flexibility index (Phi) is 3.72. The molecule has 21 heavy (non-hydrogen) atoms. The number of hydrogen-bond donors (Lipinski definition) is 1. The lowest BCUT2D eigenvalue weighted by atomic mass is 10.0. The van der Waals surface area contributed by atoms with E-state index in [4.69, 9.17) is 4.74 Å². The maximum atomic E-state index is 11.4. The summed E-state index contributed by atoms with van der Waals surface area (Å²) in [4.78, 5) is 11.5. The van der Waals surface area contributed by atoms with E-state index in [0.29, 0.717) is 6.42 Å². The molecule has 1 amide bonds. The highest BCUT2D eigenvalue weighted by Crippen LogP contribution is 2.36. The van der Waals surface area contributed by atoms with Crippen molar-refractivity contribution in [3.8, 4) is 5.75 Å². The van der Waals surface area contributed by atoms with Crippen molar-refractivity contribution < 1.29 is 9.53 Å². The van der Waals surface area contributed by atoms with Gasteiger partial charge in [-0.3, -0.25) is 4.79 Å². The van der Waals surface area contributed by atoms with Crippen LogP contribution in [0.1, 0.15) is 27.1 Å². The number of methoxy groups -OCH3 is 1. The first kappa shape index (κ1) is 14.1. The highest BCUT2D eigenvalue weighted by atomic mass is 79.9. The second-order valence-electron chi connectivity index (χ2n) is 5.23. The minimum Gasteiger partial charge on any atom is -0.496 e. The van der Waals surface area contributed by atoms with Gasteiger partial charge in [-0.15, -0.1) is 0 Å². The van der Waals surface area contributed by atoms with Gasteiger partial charge in [-0.2, -0.15) is 0 Å². The first-order valence-corrected chi connectivity index (χ1v) is 7.71. The van der Waals surface area contributed by atoms with Crippen LogP contribution in [0.4, 0.5) is 5.69 Å². The van der Waals surface area contributed by atoms with Gasteiger partial charge in [-0.25, -0.2) is 0 Å². The summed E-state index contributed by atoms with van der Waals surface area (Å²) in [5.74, 6) is 0.945. The number of hydrogen-bond acceptors (Lipinski definition) is 2. The number of alkyl halides is 1. The molecule has 0 saturated carbocycles. The molecule has 2 aromatic carbocycles. The third-order valence-corrected chi connectivity index (χ3v) is 4.83. The molecule has 0 aromatic heterocycles. The van der Waals surface area contributed by atoms with Gasteiger partial charge in [0.1, 0.15) is 5.75 Å². The molecule has 1 unspecified atom stereocenters. The van der Waals surface area contributed by atoms with Crippen LogP contribution in [0.5, 0.6) is 5.75 Å². The Morgan fingerprint density at radius 3 is 2.67 bits per heavy atom. The normalized spacial score (nSPS) is 14.5. The molecule has 1 atom stereocenters. The summed E-state index contributed by atoms with van der Waals surface area (Å²) in [6, 6.07) is 12.3. The Bertz CT molecular complexity index is 712. The van der Waals surface area contributed by atoms with E-state index in [1.807, 2.05) is 25.1 Å². The second-order valence-corrected chi connectivity index (χ2v) is 6.15. The van der Waals surface area contributed by atoms with E-state index < -0.39 is 0 Å². The van der Waals surface area contributed by atoms with Crippen LogP contribution in [0.15, 0.2) is 36.4 Å². The molecule has 1 aliphatic heterocycles. The van der Waals surface area contributed by atoms with Gasteiger partial charge in [-0.1, -0.05) is 40.2 Å². The SMILES string of the molecule is COc1cc(C(Br)c2ccc3c(c2)CC(=O)N3)ccc1C. The lowest BCUT2D eigenvalue weighted by Crippen LogP contribution is -2.03. The Hall–Kier alpha value is -1.81. The Balaban J connectivity index is 1.94. The molecule has 0 aliphatic carbocycles. The van der Waals surface area contributed by atoms with Crippen LogP contribution in [0.2, 0.25) is 0 Å². The lowest BCUT2D eigenvalue weighted by molar-refractivity contribution is -0.115. The zero-order valence-electron chi connectivity index (χ0n) is 11.9. The second kappa shape index (κ2) is 5.53. The fraction of sp³-hybridized carbons (Fsp3) is 0.235. The van der Waals surface area contributed by atoms with E-state index in [-0.39, 0.29) is 10.7 Å². The van der Waals surface area contributed by atoms with Gasteiger partial charge >= 0.3 is 0 Å². The fourth-order valence-electron chi connectivity index (χ4n) is 2.59. The molecule has 0 fully saturated rings. The maximum Gasteiger partial charge on any atom is 0.228 e. The number of rotatable bonds is 3. The van der Waals surface area contributed by atoms with Crippen molar-refractivity contribution in [2.75, 3.05) is 12.4 Å². The number of benzene rings is 2. The van der Waals surface area contributed by atoms with Gasteiger partial charge in [0.2, 0.25) is 5.91 Å². The summed E-state index contributed by atoms with van der Waals surface area (Å²) in [6.07, 6.45) is 0.458. The van der Waals surface area contributed by atoms with Crippen LogP contribution in [-0.2, 0) is 11.2 Å². The standard InChI is InChI=1S/C17H16BrNO2/c1-10-3-4-12(8-15(10)21-2)17(18)11-5-6-14-13(7-11)9-16(20)19-14/h3-8,17H,9H2,1-2H3,(H,19,20). The third-order valence-electron chi connectivity index (χ3n) is 3.77. The average molecular weight is 346 g/mol. The molecule has 0 bridgehead atoms. The van der Waals surface area contributed by atoms with E-state index >= 15 is 0 Å². The Labute approximate surface area is 132 Å². The van der Waals surface area contributed by atoms with Gasteiger partial charge in [0.15, 0.2) is 0 Å². The minimum absolute atomic E-state index is 0.0604. The summed E-state index contributed by atoms with van der Waals surface area (Å²) in [7, 11) is 1.68. The zero-order chi connectivity index (χ0) is 15.0. The van der Waals surface area contributed by atoms with Crippen LogP contribution in [0.25, 0.3) is 0 Å². The maximum absolute atomic E-state index is 11.4. The first-order chi connectivity index (χ1) is 10.1. The molecule has 2 aromatic rings. The lowest BCUT2D eigenvalue weighted by Gasteiger charge is -2.14. The summed E-state index contributed by atoms with van der Waals surface area (Å²) in [5, 5.41) is 2.85. The number of nitrogens with one attached hydrogen (secondary N) is 1. The number of halogens is 1. The quantitative estimate of drug-likeness (QED) is 0.854. The van der Waals surface area contributed by atoms with Crippen LogP contribution in [-0.4, -0.2) is 13.0 Å². The van der Waals surface area contributed by atoms with E-state index in [0.717, 1.165) is 33.7 Å². The van der Waals surface area contributed by atoms with Gasteiger partial charge in [-0.05, 0) is 41.3 Å². The van der Waals surface area contributed by atoms with Gasteiger partial charge in [0, 0.05) is 5.69 Å². The largest absolute Gasteiger partial charge is 0.496 e. The molecular weight excluding hydrogens is 330 g/mol. The highest BCUT2D eigenvalue weighted by Gasteiger charge is 2.20. The molecule has 4 heteroatoms. The number of fused-ring (bicyclic) bond motifs is 1. The number of aryl methyl sites for hydroxylation is 1. The zero-order valence-corrected chi connectivity index (χ0v) is 13.5. The topological polar surface area (TPSA) is 38.3 Å². The molecule has 0 spiro atoms. The van der Waals surface area contributed by atoms with Crippen molar-refractivity contribution in [2.45, 2.75) is 18.2 Å². The molecule has 0 saturated heterocycles. The van der Waals surface area contributed by atoms with Crippen LogP contribution in [0, 0.1) is 6.92 Å². The minimum atomic E-state index is 0.0604. The van der Waals surface area contributed by atoms with E-state index in [9.17, 15) is 4.79 Å². The Morgan fingerprint density at radius 1 is 1.19 bits per heavy atom. The van der Waals surface area contributed by atoms with Crippen molar-refractivity contribution in [1.29, 1.82) is 0 Å². The van der Waals surface area contributed by atoms with Crippen molar-refractivity contribution in [2.24, 2.45) is 0 Å². The van der Waals surface area contributed by atoms with Crippen molar-refractivity contribution in [3.05, 3.63) is 58.7 Å². The smallest absolute Gasteiger partial charge is 0.228 e. The van der Waals surface area contributed by atoms with Crippen LogP contribution < -0.4 is 10.1 Å². The predicted molar refractivity (Wildman–Crippen MR) is 87.3 cm³/mol. The Morgan fingerprint density at radius 2 is 1.90 bits per heavy atom. The number of anilines is 1. The van der Waals surface area contributed by atoms with Gasteiger partial charge in [0.05, 0.1) is 18.4 Å². The predicted octanol–water partition coefficient (Wildman–Crippen LogP) is 3.98. The summed E-state index contributed by atoms with van der Waals surface area (Å²) < 4.78 is 5.38. The molecule has 108 valence electrons. The number of amides is 1. The van der Waals surface area contributed by atoms with Crippen molar-refractivity contribution in [1.82, 2.24) is 0 Å². The van der Waals surface area contributed by atoms with Crippen molar-refractivity contribution >= 4 is 27.5 Å².